The number of aryl methyl sites for hydroxylation is 1. The van der Waals surface area contributed by atoms with Gasteiger partial charge in [-0.2, -0.15) is 0 Å². The summed E-state index contributed by atoms with van der Waals surface area (Å²) in [5.74, 6) is -0.185. The number of phenols is 1. The molecule has 0 bridgehead atoms. The minimum Gasteiger partial charge on any atom is -0.508 e. The van der Waals surface area contributed by atoms with Gasteiger partial charge in [-0.1, -0.05) is 23.4 Å². The molecule has 0 fully saturated rings. The molecule has 7 heteroatoms. The van der Waals surface area contributed by atoms with Gasteiger partial charge in [0.25, 0.3) is 0 Å². The topological polar surface area (TPSA) is 95.6 Å². The minimum absolute atomic E-state index is 0.0760. The Morgan fingerprint density at radius 3 is 2.46 bits per heavy atom. The van der Waals surface area contributed by atoms with Crippen LogP contribution < -0.4 is 5.32 Å². The molecule has 1 amide bonds. The zero-order valence-corrected chi connectivity index (χ0v) is 14.2. The van der Waals surface area contributed by atoms with E-state index >= 15 is 0 Å². The Kier molecular flexibility index (Phi) is 4.38. The van der Waals surface area contributed by atoms with E-state index in [0.717, 1.165) is 0 Å². The van der Waals surface area contributed by atoms with Crippen molar-refractivity contribution in [3.05, 3.63) is 71.2 Å². The lowest BCUT2D eigenvalue weighted by Crippen LogP contribution is -2.45. The summed E-state index contributed by atoms with van der Waals surface area (Å²) in [6, 6.07) is 12.1. The van der Waals surface area contributed by atoms with Crippen molar-refractivity contribution in [2.75, 3.05) is 0 Å². The third-order valence-corrected chi connectivity index (χ3v) is 4.26. The number of rotatable bonds is 4. The van der Waals surface area contributed by atoms with E-state index in [-0.39, 0.29) is 11.3 Å². The molecule has 6 nitrogen and oxygen atoms in total. The van der Waals surface area contributed by atoms with Crippen LogP contribution in [0.1, 0.15) is 23.7 Å². The fourth-order valence-corrected chi connectivity index (χ4v) is 3.11. The van der Waals surface area contributed by atoms with Crippen LogP contribution >= 0.6 is 0 Å². The molecule has 0 radical (unpaired) electrons. The number of aromatic hydroxyl groups is 1. The maximum atomic E-state index is 14.5. The molecule has 3 aromatic rings. The monoisotopic (exact) mass is 356 g/mol. The summed E-state index contributed by atoms with van der Waals surface area (Å²) < 4.78 is 20.0. The molecule has 134 valence electrons. The van der Waals surface area contributed by atoms with E-state index < -0.39 is 17.4 Å². The number of nitrogens with zero attached hydrogens (tertiary/aromatic N) is 1. The molecule has 1 heterocycles. The number of carbonyl (C=O) groups is 1. The van der Waals surface area contributed by atoms with Gasteiger partial charge in [0.1, 0.15) is 11.6 Å². The summed E-state index contributed by atoms with van der Waals surface area (Å²) in [5.41, 5.74) is 0.110. The predicted molar refractivity (Wildman–Crippen MR) is 92.4 cm³/mol. The Balaban J connectivity index is 2.26. The highest BCUT2D eigenvalue weighted by Gasteiger charge is 2.39. The molecule has 2 aromatic carbocycles. The van der Waals surface area contributed by atoms with E-state index in [9.17, 15) is 19.4 Å². The van der Waals surface area contributed by atoms with Crippen molar-refractivity contribution in [2.24, 2.45) is 0 Å². The van der Waals surface area contributed by atoms with E-state index in [2.05, 4.69) is 10.5 Å². The first-order valence-corrected chi connectivity index (χ1v) is 7.85. The van der Waals surface area contributed by atoms with Gasteiger partial charge in [0.2, 0.25) is 0 Å². The van der Waals surface area contributed by atoms with Crippen LogP contribution in [0.3, 0.4) is 0 Å². The van der Waals surface area contributed by atoms with Gasteiger partial charge in [0.05, 0.1) is 16.8 Å². The maximum absolute atomic E-state index is 14.5. The second kappa shape index (κ2) is 6.51. The number of phenolic OH excluding ortho intramolecular Hbond substituents is 1. The molecule has 1 aromatic heterocycles. The summed E-state index contributed by atoms with van der Waals surface area (Å²) in [4.78, 5) is 11.5. The van der Waals surface area contributed by atoms with Crippen LogP contribution in [0.5, 0.6) is 5.75 Å². The largest absolute Gasteiger partial charge is 0.508 e. The third kappa shape index (κ3) is 2.99. The quantitative estimate of drug-likeness (QED) is 0.656. The molecule has 3 rings (SSSR count). The average molecular weight is 356 g/mol. The first kappa shape index (κ1) is 17.5. The number of aromatic nitrogens is 1. The van der Waals surface area contributed by atoms with Crippen molar-refractivity contribution in [2.45, 2.75) is 19.4 Å². The third-order valence-electron chi connectivity index (χ3n) is 4.26. The summed E-state index contributed by atoms with van der Waals surface area (Å²) in [5, 5.41) is 25.2. The molecular formula is C19H17FN2O4. The van der Waals surface area contributed by atoms with Gasteiger partial charge in [-0.25, -0.2) is 9.18 Å². The fourth-order valence-electron chi connectivity index (χ4n) is 3.11. The van der Waals surface area contributed by atoms with E-state index in [0.29, 0.717) is 22.6 Å². The Labute approximate surface area is 148 Å². The number of hydrogen-bond acceptors (Lipinski definition) is 4. The molecule has 1 unspecified atom stereocenters. The zero-order valence-electron chi connectivity index (χ0n) is 14.2. The number of halogens is 1. The predicted octanol–water partition coefficient (Wildman–Crippen LogP) is 4.03. The summed E-state index contributed by atoms with van der Waals surface area (Å²) in [6.07, 6.45) is -1.31. The van der Waals surface area contributed by atoms with Crippen LogP contribution in [0.2, 0.25) is 0 Å². The van der Waals surface area contributed by atoms with E-state index in [1.165, 1.54) is 30.3 Å². The van der Waals surface area contributed by atoms with Crippen molar-refractivity contribution in [1.29, 1.82) is 0 Å². The molecule has 3 N–H and O–H groups in total. The Morgan fingerprint density at radius 1 is 1.19 bits per heavy atom. The summed E-state index contributed by atoms with van der Waals surface area (Å²) in [7, 11) is 0. The Morgan fingerprint density at radius 2 is 1.85 bits per heavy atom. The smallest absolute Gasteiger partial charge is 0.405 e. The number of nitrogens with one attached hydrogen (secondary N) is 1. The SMILES string of the molecule is Cc1noc(-c2ccc(O)cc2)c1C(C)(NC(=O)O)c1ccccc1F. The Bertz CT molecular complexity index is 952. The van der Waals surface area contributed by atoms with E-state index in [1.54, 1.807) is 32.0 Å². The van der Waals surface area contributed by atoms with Gasteiger partial charge >= 0.3 is 6.09 Å². The van der Waals surface area contributed by atoms with Gasteiger partial charge in [0, 0.05) is 11.1 Å². The normalized spacial score (nSPS) is 13.2. The zero-order chi connectivity index (χ0) is 18.9. The van der Waals surface area contributed by atoms with Crippen LogP contribution in [0.4, 0.5) is 9.18 Å². The Hall–Kier alpha value is -3.35. The highest BCUT2D eigenvalue weighted by molar-refractivity contribution is 5.71. The minimum atomic E-state index is -1.44. The van der Waals surface area contributed by atoms with Crippen molar-refractivity contribution in [3.8, 4) is 17.1 Å². The van der Waals surface area contributed by atoms with Gasteiger partial charge in [-0.05, 0) is 44.2 Å². The van der Waals surface area contributed by atoms with Crippen LogP contribution in [-0.2, 0) is 5.54 Å². The summed E-state index contributed by atoms with van der Waals surface area (Å²) >= 11 is 0. The fraction of sp³-hybridized carbons (Fsp3) is 0.158. The standard InChI is InChI=1S/C19H17FN2O4/c1-11-16(17(26-22-11)12-7-9-13(23)10-8-12)19(2,21-18(24)25)14-5-3-4-6-15(14)20/h3-10,21,23H,1-2H3,(H,24,25). The highest BCUT2D eigenvalue weighted by Crippen LogP contribution is 2.39. The van der Waals surface area contributed by atoms with Crippen LogP contribution in [0.25, 0.3) is 11.3 Å². The van der Waals surface area contributed by atoms with Gasteiger partial charge < -0.3 is 20.1 Å². The van der Waals surface area contributed by atoms with Crippen molar-refractivity contribution in [1.82, 2.24) is 10.5 Å². The highest BCUT2D eigenvalue weighted by atomic mass is 19.1. The van der Waals surface area contributed by atoms with E-state index in [1.807, 2.05) is 0 Å². The van der Waals surface area contributed by atoms with Gasteiger partial charge in [-0.15, -0.1) is 0 Å². The van der Waals surface area contributed by atoms with Gasteiger partial charge in [-0.3, -0.25) is 0 Å². The maximum Gasteiger partial charge on any atom is 0.405 e. The molecule has 0 saturated heterocycles. The van der Waals surface area contributed by atoms with Crippen LogP contribution in [-0.4, -0.2) is 21.5 Å². The number of benzene rings is 2. The van der Waals surface area contributed by atoms with Crippen molar-refractivity contribution >= 4 is 6.09 Å². The lowest BCUT2D eigenvalue weighted by Gasteiger charge is -2.30. The van der Waals surface area contributed by atoms with Crippen LogP contribution in [0, 0.1) is 12.7 Å². The second-order valence-electron chi connectivity index (χ2n) is 6.05. The molecule has 0 aliphatic heterocycles. The van der Waals surface area contributed by atoms with Gasteiger partial charge in [0.15, 0.2) is 5.76 Å². The molecule has 1 atom stereocenters. The number of carboxylic acid groups (broad SMARTS) is 1. The van der Waals surface area contributed by atoms with Crippen LogP contribution in [0.15, 0.2) is 53.1 Å². The average Bonchev–Trinajstić information content (AvgIpc) is 2.97. The van der Waals surface area contributed by atoms with E-state index in [4.69, 9.17) is 4.52 Å². The number of hydrogen-bond donors (Lipinski definition) is 3. The molecule has 0 spiro atoms. The first-order valence-electron chi connectivity index (χ1n) is 7.85. The lowest BCUT2D eigenvalue weighted by molar-refractivity contribution is 0.184. The molecule has 0 saturated carbocycles. The first-order chi connectivity index (χ1) is 12.3. The van der Waals surface area contributed by atoms with Crippen molar-refractivity contribution < 1.29 is 23.9 Å². The molecule has 0 aliphatic carbocycles. The second-order valence-corrected chi connectivity index (χ2v) is 6.05. The summed E-state index contributed by atoms with van der Waals surface area (Å²) in [6.45, 7) is 3.22. The molecule has 26 heavy (non-hydrogen) atoms. The lowest BCUT2D eigenvalue weighted by atomic mass is 9.82. The molecule has 0 aliphatic rings. The van der Waals surface area contributed by atoms with Crippen molar-refractivity contribution in [3.63, 3.8) is 0 Å². The number of amides is 1. The molecular weight excluding hydrogens is 339 g/mol.